The lowest BCUT2D eigenvalue weighted by molar-refractivity contribution is -0.138. The van der Waals surface area contributed by atoms with Gasteiger partial charge in [0.25, 0.3) is 0 Å². The molecule has 0 aliphatic carbocycles. The van der Waals surface area contributed by atoms with Crippen LogP contribution in [0.25, 0.3) is 0 Å². The van der Waals surface area contributed by atoms with Gasteiger partial charge in [-0.05, 0) is 40.0 Å². The molecule has 0 aromatic heterocycles. The van der Waals surface area contributed by atoms with Crippen molar-refractivity contribution in [3.63, 3.8) is 0 Å². The molecule has 2 amide bonds. The van der Waals surface area contributed by atoms with Crippen LogP contribution in [-0.4, -0.2) is 59.1 Å². The van der Waals surface area contributed by atoms with Crippen LogP contribution < -0.4 is 5.73 Å². The molecule has 1 saturated heterocycles. The van der Waals surface area contributed by atoms with Crippen LogP contribution in [0.3, 0.4) is 0 Å². The average Bonchev–Trinajstić information content (AvgIpc) is 2.41. The molecule has 6 nitrogen and oxygen atoms in total. The van der Waals surface area contributed by atoms with Crippen molar-refractivity contribution in [2.24, 2.45) is 5.73 Å². The Morgan fingerprint density at radius 2 is 1.63 bits per heavy atom. The standard InChI is InChI=1S/C10H20N2O.C3H7NO2/c1-3-11(4-2)10(13)12-8-6-5-7-9-12;1-2(4)3(5)6/h3-9H2,1-2H3;2H,4H2,1H3,(H,5,6)/t;2-/m.0/s1. The summed E-state index contributed by atoms with van der Waals surface area (Å²) in [5.74, 6) is -0.963. The summed E-state index contributed by atoms with van der Waals surface area (Å²) in [6, 6.07) is -0.505. The van der Waals surface area contributed by atoms with Gasteiger partial charge < -0.3 is 20.6 Å². The number of nitrogens with two attached hydrogens (primary N) is 1. The van der Waals surface area contributed by atoms with Gasteiger partial charge in [-0.3, -0.25) is 4.79 Å². The topological polar surface area (TPSA) is 86.9 Å². The molecule has 0 bridgehead atoms. The highest BCUT2D eigenvalue weighted by Crippen LogP contribution is 2.10. The van der Waals surface area contributed by atoms with E-state index in [1.165, 1.54) is 26.2 Å². The fourth-order valence-electron chi connectivity index (χ4n) is 1.78. The average molecular weight is 273 g/mol. The SMILES string of the molecule is CCN(CC)C(=O)N1CCCCC1.C[C@H](N)C(=O)O. The van der Waals surface area contributed by atoms with Crippen molar-refractivity contribution in [2.45, 2.75) is 46.1 Å². The van der Waals surface area contributed by atoms with Crippen LogP contribution in [0.4, 0.5) is 4.79 Å². The van der Waals surface area contributed by atoms with Crippen molar-refractivity contribution in [3.8, 4) is 0 Å². The maximum Gasteiger partial charge on any atom is 0.320 e. The molecule has 1 fully saturated rings. The first kappa shape index (κ1) is 17.7. The fraction of sp³-hybridized carbons (Fsp3) is 0.846. The highest BCUT2D eigenvalue weighted by atomic mass is 16.4. The van der Waals surface area contributed by atoms with Gasteiger partial charge in [0.1, 0.15) is 6.04 Å². The third kappa shape index (κ3) is 7.00. The van der Waals surface area contributed by atoms with E-state index in [0.717, 1.165) is 26.2 Å². The van der Waals surface area contributed by atoms with E-state index in [9.17, 15) is 9.59 Å². The molecule has 3 N–H and O–H groups in total. The van der Waals surface area contributed by atoms with Gasteiger partial charge in [-0.25, -0.2) is 4.79 Å². The number of carboxylic acid groups (broad SMARTS) is 1. The number of amides is 2. The second-order valence-electron chi connectivity index (χ2n) is 4.63. The number of urea groups is 1. The number of nitrogens with zero attached hydrogens (tertiary/aromatic N) is 2. The Bertz CT molecular complexity index is 272. The summed E-state index contributed by atoms with van der Waals surface area (Å²) in [6.07, 6.45) is 3.63. The lowest BCUT2D eigenvalue weighted by Crippen LogP contribution is -2.45. The van der Waals surface area contributed by atoms with E-state index >= 15 is 0 Å². The van der Waals surface area contributed by atoms with E-state index in [-0.39, 0.29) is 6.03 Å². The van der Waals surface area contributed by atoms with Crippen LogP contribution in [-0.2, 0) is 4.79 Å². The number of hydrogen-bond donors (Lipinski definition) is 2. The summed E-state index contributed by atoms with van der Waals surface area (Å²) in [4.78, 5) is 25.3. The summed E-state index contributed by atoms with van der Waals surface area (Å²) in [5.41, 5.74) is 4.84. The normalized spacial score (nSPS) is 16.1. The summed E-state index contributed by atoms with van der Waals surface area (Å²) < 4.78 is 0. The van der Waals surface area contributed by atoms with Gasteiger partial charge in [-0.15, -0.1) is 0 Å². The van der Waals surface area contributed by atoms with Crippen molar-refractivity contribution < 1.29 is 14.7 Å². The summed E-state index contributed by atoms with van der Waals surface area (Å²) >= 11 is 0. The number of likely N-dealkylation sites (tertiary alicyclic amines) is 1. The molecule has 0 radical (unpaired) electrons. The van der Waals surface area contributed by atoms with Gasteiger partial charge in [-0.2, -0.15) is 0 Å². The maximum absolute atomic E-state index is 11.8. The van der Waals surface area contributed by atoms with Crippen LogP contribution in [0.5, 0.6) is 0 Å². The molecular weight excluding hydrogens is 246 g/mol. The lowest BCUT2D eigenvalue weighted by Gasteiger charge is -2.31. The Labute approximate surface area is 115 Å². The lowest BCUT2D eigenvalue weighted by atomic mass is 10.1. The number of piperidine rings is 1. The van der Waals surface area contributed by atoms with Crippen molar-refractivity contribution >= 4 is 12.0 Å². The minimum atomic E-state index is -0.963. The molecule has 0 aromatic rings. The molecule has 0 spiro atoms. The van der Waals surface area contributed by atoms with E-state index < -0.39 is 12.0 Å². The first-order valence-corrected chi connectivity index (χ1v) is 6.96. The van der Waals surface area contributed by atoms with Gasteiger partial charge in [0.2, 0.25) is 0 Å². The number of rotatable bonds is 3. The first-order valence-electron chi connectivity index (χ1n) is 6.96. The van der Waals surface area contributed by atoms with Crippen LogP contribution in [0.1, 0.15) is 40.0 Å². The summed E-state index contributed by atoms with van der Waals surface area (Å²) in [5, 5.41) is 7.87. The monoisotopic (exact) mass is 273 g/mol. The second-order valence-corrected chi connectivity index (χ2v) is 4.63. The van der Waals surface area contributed by atoms with Crippen molar-refractivity contribution in [3.05, 3.63) is 0 Å². The largest absolute Gasteiger partial charge is 0.480 e. The summed E-state index contributed by atoms with van der Waals surface area (Å²) in [7, 11) is 0. The maximum atomic E-state index is 11.8. The Kier molecular flexibility index (Phi) is 8.95. The molecular formula is C13H27N3O3. The van der Waals surface area contributed by atoms with E-state index in [1.807, 2.05) is 23.6 Å². The van der Waals surface area contributed by atoms with Crippen molar-refractivity contribution in [1.82, 2.24) is 9.80 Å². The number of hydrogen-bond acceptors (Lipinski definition) is 3. The zero-order valence-electron chi connectivity index (χ0n) is 12.3. The molecule has 1 aliphatic heterocycles. The van der Waals surface area contributed by atoms with Crippen LogP contribution in [0, 0.1) is 0 Å². The molecule has 0 saturated carbocycles. The van der Waals surface area contributed by atoms with Gasteiger partial charge in [0, 0.05) is 26.2 Å². The summed E-state index contributed by atoms with van der Waals surface area (Å²) in [6.45, 7) is 9.04. The fourth-order valence-corrected chi connectivity index (χ4v) is 1.78. The van der Waals surface area contributed by atoms with E-state index in [2.05, 4.69) is 0 Å². The molecule has 1 aliphatic rings. The second kappa shape index (κ2) is 9.61. The van der Waals surface area contributed by atoms with Crippen LogP contribution in [0.15, 0.2) is 0 Å². The number of aliphatic carboxylic acids is 1. The van der Waals surface area contributed by atoms with Crippen LogP contribution in [0.2, 0.25) is 0 Å². The number of carboxylic acids is 1. The van der Waals surface area contributed by atoms with Gasteiger partial charge in [0.15, 0.2) is 0 Å². The quantitative estimate of drug-likeness (QED) is 0.812. The third-order valence-corrected chi connectivity index (χ3v) is 3.05. The Balaban J connectivity index is 0.000000459. The Hall–Kier alpha value is -1.30. The van der Waals surface area contributed by atoms with E-state index in [1.54, 1.807) is 0 Å². The Morgan fingerprint density at radius 1 is 1.21 bits per heavy atom. The highest BCUT2D eigenvalue weighted by Gasteiger charge is 2.19. The van der Waals surface area contributed by atoms with Gasteiger partial charge >= 0.3 is 12.0 Å². The first-order chi connectivity index (χ1) is 8.93. The van der Waals surface area contributed by atoms with Crippen LogP contribution >= 0.6 is 0 Å². The third-order valence-electron chi connectivity index (χ3n) is 3.05. The molecule has 1 atom stereocenters. The molecule has 112 valence electrons. The molecule has 1 heterocycles. The minimum absolute atomic E-state index is 0.227. The van der Waals surface area contributed by atoms with E-state index in [4.69, 9.17) is 10.8 Å². The predicted octanol–water partition coefficient (Wildman–Crippen LogP) is 1.35. The predicted molar refractivity (Wildman–Crippen MR) is 75.0 cm³/mol. The molecule has 0 unspecified atom stereocenters. The molecule has 6 heteroatoms. The van der Waals surface area contributed by atoms with Gasteiger partial charge in [0.05, 0.1) is 0 Å². The number of carbonyl (C=O) groups excluding carboxylic acids is 1. The zero-order chi connectivity index (χ0) is 14.8. The number of carbonyl (C=O) groups is 2. The zero-order valence-corrected chi connectivity index (χ0v) is 12.3. The van der Waals surface area contributed by atoms with E-state index in [0.29, 0.717) is 0 Å². The van der Waals surface area contributed by atoms with Crippen molar-refractivity contribution in [1.29, 1.82) is 0 Å². The Morgan fingerprint density at radius 3 is 1.95 bits per heavy atom. The molecule has 1 rings (SSSR count). The van der Waals surface area contributed by atoms with Crippen molar-refractivity contribution in [2.75, 3.05) is 26.2 Å². The minimum Gasteiger partial charge on any atom is -0.480 e. The molecule has 0 aromatic carbocycles. The van der Waals surface area contributed by atoms with Gasteiger partial charge in [-0.1, -0.05) is 0 Å². The highest BCUT2D eigenvalue weighted by molar-refractivity contribution is 5.74. The smallest absolute Gasteiger partial charge is 0.320 e. The molecule has 19 heavy (non-hydrogen) atoms.